The fourth-order valence-corrected chi connectivity index (χ4v) is 5.45. The first-order chi connectivity index (χ1) is 28.8. The van der Waals surface area contributed by atoms with Crippen LogP contribution < -0.4 is 9.80 Å². The van der Waals surface area contributed by atoms with Crippen LogP contribution in [-0.2, 0) is 22.5 Å². The van der Waals surface area contributed by atoms with Gasteiger partial charge >= 0.3 is 0 Å². The summed E-state index contributed by atoms with van der Waals surface area (Å²) >= 11 is 0. The van der Waals surface area contributed by atoms with Crippen LogP contribution in [0.5, 0.6) is 0 Å². The average Bonchev–Trinajstić information content (AvgIpc) is 4.08. The van der Waals surface area contributed by atoms with Crippen molar-refractivity contribution in [2.24, 2.45) is 0 Å². The summed E-state index contributed by atoms with van der Waals surface area (Å²) in [6.45, 7) is 41.7. The third-order valence-electron chi connectivity index (χ3n) is 8.04. The van der Waals surface area contributed by atoms with Crippen molar-refractivity contribution in [3.63, 3.8) is 0 Å². The summed E-state index contributed by atoms with van der Waals surface area (Å²) in [7, 11) is 0. The van der Waals surface area contributed by atoms with Gasteiger partial charge in [0.25, 0.3) is 0 Å². The lowest BCUT2D eigenvalue weighted by Gasteiger charge is -2.36. The summed E-state index contributed by atoms with van der Waals surface area (Å²) in [6, 6.07) is 25.0. The topological polar surface area (TPSA) is 83.5 Å². The van der Waals surface area contributed by atoms with Gasteiger partial charge in [-0.05, 0) is 30.7 Å². The van der Waals surface area contributed by atoms with Crippen LogP contribution in [0.4, 0.5) is 11.4 Å². The lowest BCUT2D eigenvalue weighted by atomic mass is 10.2. The van der Waals surface area contributed by atoms with E-state index in [2.05, 4.69) is 90.6 Å². The van der Waals surface area contributed by atoms with Crippen molar-refractivity contribution >= 4 is 11.4 Å². The maximum absolute atomic E-state index is 5.68. The molecule has 0 atom stereocenters. The highest BCUT2D eigenvalue weighted by Crippen LogP contribution is 2.16. The third kappa shape index (κ3) is 27.9. The molecule has 58 heavy (non-hydrogen) atoms. The van der Waals surface area contributed by atoms with E-state index in [0.717, 1.165) is 103 Å². The molecular formula is C48H88N6O4. The fraction of sp³-hybridized carbons (Fsp3) is 0.625. The molecule has 0 amide bonds. The van der Waals surface area contributed by atoms with Gasteiger partial charge in [0.2, 0.25) is 0 Å². The van der Waals surface area contributed by atoms with Gasteiger partial charge in [0.05, 0.1) is 25.5 Å². The van der Waals surface area contributed by atoms with Gasteiger partial charge in [-0.3, -0.25) is 9.80 Å². The smallest absolute Gasteiger partial charge is 0.124 e. The number of anilines is 2. The molecule has 0 aliphatic carbocycles. The minimum atomic E-state index is 0.540. The number of nitrogens with zero attached hydrogens (tertiary/aromatic N) is 6. The third-order valence-corrected chi connectivity index (χ3v) is 8.04. The molecule has 6 rings (SSSR count). The van der Waals surface area contributed by atoms with Gasteiger partial charge in [-0.2, -0.15) is 0 Å². The van der Waals surface area contributed by atoms with Gasteiger partial charge in [-0.25, -0.2) is 0 Å². The van der Waals surface area contributed by atoms with Crippen molar-refractivity contribution in [2.75, 3.05) is 95.1 Å². The average molecular weight is 813 g/mol. The largest absolute Gasteiger partial charge is 0.380 e. The number of aromatic nitrogens is 2. The molecule has 2 aliphatic rings. The molecule has 0 N–H and O–H groups in total. The zero-order valence-electron chi connectivity index (χ0n) is 39.7. The van der Waals surface area contributed by atoms with Crippen LogP contribution >= 0.6 is 0 Å². The number of para-hydroxylation sites is 2. The predicted octanol–water partition coefficient (Wildman–Crippen LogP) is 11.6. The molecule has 4 heterocycles. The zero-order valence-corrected chi connectivity index (χ0v) is 39.7. The molecule has 2 aromatic heterocycles. The van der Waals surface area contributed by atoms with E-state index in [9.17, 15) is 0 Å². The monoisotopic (exact) mass is 813 g/mol. The van der Waals surface area contributed by atoms with E-state index in [1.165, 1.54) is 11.4 Å². The van der Waals surface area contributed by atoms with Gasteiger partial charge in [0, 0.05) is 102 Å². The van der Waals surface area contributed by atoms with E-state index in [0.29, 0.717) is 13.2 Å². The van der Waals surface area contributed by atoms with Crippen molar-refractivity contribution in [3.8, 4) is 0 Å². The Labute approximate surface area is 357 Å². The number of hydrogen-bond acceptors (Lipinski definition) is 10. The Morgan fingerprint density at radius 3 is 1.28 bits per heavy atom. The van der Waals surface area contributed by atoms with E-state index >= 15 is 0 Å². The van der Waals surface area contributed by atoms with Gasteiger partial charge < -0.3 is 28.3 Å². The lowest BCUT2D eigenvalue weighted by Crippen LogP contribution is -2.47. The molecule has 10 nitrogen and oxygen atoms in total. The predicted molar refractivity (Wildman–Crippen MR) is 251 cm³/mol. The zero-order chi connectivity index (χ0) is 44.1. The maximum Gasteiger partial charge on any atom is 0.124 e. The molecule has 0 radical (unpaired) electrons. The van der Waals surface area contributed by atoms with Crippen LogP contribution in [-0.4, -0.2) is 105 Å². The number of piperazine rings is 2. The summed E-state index contributed by atoms with van der Waals surface area (Å²) in [5.74, 6) is 0. The highest BCUT2D eigenvalue weighted by Gasteiger charge is 2.17. The van der Waals surface area contributed by atoms with Crippen LogP contribution in [0.2, 0.25) is 0 Å². The molecule has 0 bridgehead atoms. The molecule has 334 valence electrons. The summed E-state index contributed by atoms with van der Waals surface area (Å²) in [5.41, 5.74) is 4.47. The van der Waals surface area contributed by atoms with Crippen LogP contribution in [0.3, 0.4) is 0 Å². The highest BCUT2D eigenvalue weighted by molar-refractivity contribution is 5.47. The van der Waals surface area contributed by atoms with Gasteiger partial charge in [-0.1, -0.05) is 144 Å². The molecule has 0 spiro atoms. The van der Waals surface area contributed by atoms with Crippen molar-refractivity contribution in [2.45, 2.75) is 116 Å². The molecule has 4 aromatic rings. The Bertz CT molecular complexity index is 1150. The quantitative estimate of drug-likeness (QED) is 0.115. The van der Waals surface area contributed by atoms with Crippen molar-refractivity contribution in [1.29, 1.82) is 0 Å². The van der Waals surface area contributed by atoms with E-state index < -0.39 is 0 Å². The minimum Gasteiger partial charge on any atom is -0.380 e. The van der Waals surface area contributed by atoms with Crippen LogP contribution in [0, 0.1) is 0 Å². The van der Waals surface area contributed by atoms with Crippen LogP contribution in [0.15, 0.2) is 94.4 Å². The van der Waals surface area contributed by atoms with Gasteiger partial charge in [0.15, 0.2) is 0 Å². The summed E-state index contributed by atoms with van der Waals surface area (Å²) < 4.78 is 20.8. The standard InChI is InChI=1S/2C17H23N3O2.7C2H6/c1-2-5-17(6-3-1)20-11-9-19(10-12-20)8-4-13-21-15-16-7-14-22-18-16;1-2-4-17(5-3-1)20-10-8-19(9-11-20)12-15-21-13-6-16-7-14-22-18-16;7*1-2/h1-3,5-7,14H,4,8-13,15H2;1-5,7,14H,6,8-13,15H2;7*1-2H3. The molecule has 2 fully saturated rings. The van der Waals surface area contributed by atoms with Crippen LogP contribution in [0.25, 0.3) is 0 Å². The second-order valence-corrected chi connectivity index (χ2v) is 11.1. The van der Waals surface area contributed by atoms with E-state index in [-0.39, 0.29) is 0 Å². The Morgan fingerprint density at radius 1 is 0.448 bits per heavy atom. The molecule has 2 aliphatic heterocycles. The van der Waals surface area contributed by atoms with Crippen LogP contribution in [0.1, 0.15) is 115 Å². The van der Waals surface area contributed by atoms with Crippen molar-refractivity contribution < 1.29 is 18.5 Å². The molecule has 2 saturated heterocycles. The van der Waals surface area contributed by atoms with Crippen molar-refractivity contribution in [1.82, 2.24) is 20.1 Å². The van der Waals surface area contributed by atoms with E-state index in [1.54, 1.807) is 12.5 Å². The highest BCUT2D eigenvalue weighted by atomic mass is 16.5. The second-order valence-electron chi connectivity index (χ2n) is 11.1. The molecule has 10 heteroatoms. The summed E-state index contributed by atoms with van der Waals surface area (Å²) in [6.07, 6.45) is 5.05. The molecular weight excluding hydrogens is 725 g/mol. The Hall–Kier alpha value is -3.70. The molecule has 2 aromatic carbocycles. The van der Waals surface area contributed by atoms with E-state index in [4.69, 9.17) is 18.5 Å². The first-order valence-corrected chi connectivity index (χ1v) is 22.8. The number of hydrogen-bond donors (Lipinski definition) is 0. The van der Waals surface area contributed by atoms with Crippen molar-refractivity contribution in [3.05, 3.63) is 96.7 Å². The Morgan fingerprint density at radius 2 is 0.862 bits per heavy atom. The maximum atomic E-state index is 5.68. The van der Waals surface area contributed by atoms with E-state index in [1.807, 2.05) is 109 Å². The molecule has 0 saturated carbocycles. The second kappa shape index (κ2) is 46.0. The first kappa shape index (κ1) is 58.6. The van der Waals surface area contributed by atoms with Gasteiger partial charge in [0.1, 0.15) is 18.2 Å². The minimum absolute atomic E-state index is 0.540. The molecule has 0 unspecified atom stereocenters. The SMILES string of the molecule is CC.CC.CC.CC.CC.CC.CC.c1ccc(N2CCN(CCCOCc3ccon3)CC2)cc1.c1ccc(N2CCN(CCOCCc3ccon3)CC2)cc1. The summed E-state index contributed by atoms with van der Waals surface area (Å²) in [5, 5.41) is 7.69. The summed E-state index contributed by atoms with van der Waals surface area (Å²) in [4.78, 5) is 9.88. The number of ether oxygens (including phenoxy) is 2. The number of benzene rings is 2. The number of rotatable bonds is 14. The first-order valence-electron chi connectivity index (χ1n) is 22.8. The normalized spacial score (nSPS) is 12.9. The Balaban J connectivity index is -0.000000802. The lowest BCUT2D eigenvalue weighted by molar-refractivity contribution is 0.103. The fourth-order valence-electron chi connectivity index (χ4n) is 5.45. The van der Waals surface area contributed by atoms with Gasteiger partial charge in [-0.15, -0.1) is 0 Å². The Kier molecular flexibility index (Phi) is 46.5.